The van der Waals surface area contributed by atoms with E-state index in [9.17, 15) is 19.7 Å². The first-order valence-corrected chi connectivity index (χ1v) is 8.21. The third-order valence-corrected chi connectivity index (χ3v) is 5.04. The molecule has 1 aliphatic heterocycles. The van der Waals surface area contributed by atoms with Crippen LogP contribution >= 0.6 is 27.7 Å². The van der Waals surface area contributed by atoms with Gasteiger partial charge in [-0.05, 0) is 28.1 Å². The third-order valence-electron chi connectivity index (χ3n) is 3.21. The van der Waals surface area contributed by atoms with E-state index in [1.807, 2.05) is 0 Å². The summed E-state index contributed by atoms with van der Waals surface area (Å²) < 4.78 is 5.01. The molecule has 1 aliphatic rings. The van der Waals surface area contributed by atoms with Crippen molar-refractivity contribution in [1.82, 2.24) is 4.90 Å². The van der Waals surface area contributed by atoms with E-state index in [1.165, 1.54) is 42.0 Å². The summed E-state index contributed by atoms with van der Waals surface area (Å²) in [5.74, 6) is -0.0847. The summed E-state index contributed by atoms with van der Waals surface area (Å²) in [7, 11) is 1.31. The molecule has 0 saturated carbocycles. The Balaban J connectivity index is 2.19. The quantitative estimate of drug-likeness (QED) is 0.447. The summed E-state index contributed by atoms with van der Waals surface area (Å²) in [6.45, 7) is 0.723. The molecule has 0 bridgehead atoms. The van der Waals surface area contributed by atoms with E-state index in [1.54, 1.807) is 0 Å². The Morgan fingerprint density at radius 2 is 2.23 bits per heavy atom. The van der Waals surface area contributed by atoms with Crippen LogP contribution in [0.3, 0.4) is 0 Å². The molecule has 1 fully saturated rings. The largest absolute Gasteiger partial charge is 0.468 e. The van der Waals surface area contributed by atoms with Gasteiger partial charge in [-0.25, -0.2) is 0 Å². The lowest BCUT2D eigenvalue weighted by atomic mass is 10.1. The van der Waals surface area contributed by atoms with Crippen LogP contribution in [0.4, 0.5) is 5.69 Å². The van der Waals surface area contributed by atoms with Crippen LogP contribution in [0, 0.1) is 10.1 Å². The number of benzene rings is 1. The molecule has 0 aromatic heterocycles. The average molecular weight is 389 g/mol. The number of hydrogen-bond donors (Lipinski definition) is 0. The lowest BCUT2D eigenvalue weighted by Gasteiger charge is -2.31. The zero-order valence-corrected chi connectivity index (χ0v) is 14.1. The van der Waals surface area contributed by atoms with Crippen molar-refractivity contribution in [2.24, 2.45) is 0 Å². The fourth-order valence-electron chi connectivity index (χ4n) is 2.08. The van der Waals surface area contributed by atoms with Crippen molar-refractivity contribution in [3.8, 4) is 0 Å². The average Bonchev–Trinajstić information content (AvgIpc) is 2.53. The standard InChI is InChI=1S/C13H13BrN2O5S/c1-21-13(18)11-7-15(4-5-22-11)12(17)8-2-3-9(14)10(6-8)16(19)20/h2-3,6,11H,4-5,7H2,1H3/t11-/m0/s1. The lowest BCUT2D eigenvalue weighted by Crippen LogP contribution is -2.44. The van der Waals surface area contributed by atoms with Crippen molar-refractivity contribution in [3.63, 3.8) is 0 Å². The highest BCUT2D eigenvalue weighted by atomic mass is 79.9. The Bertz CT molecular complexity index is 624. The number of nitro groups is 1. The highest BCUT2D eigenvalue weighted by molar-refractivity contribution is 9.10. The maximum absolute atomic E-state index is 12.5. The normalized spacial score (nSPS) is 17.9. The predicted molar refractivity (Wildman–Crippen MR) is 85.0 cm³/mol. The minimum atomic E-state index is -0.551. The zero-order valence-electron chi connectivity index (χ0n) is 11.7. The number of hydrogen-bond acceptors (Lipinski definition) is 6. The summed E-state index contributed by atoms with van der Waals surface area (Å²) in [6, 6.07) is 4.23. The number of methoxy groups -OCH3 is 1. The Labute approximate surface area is 139 Å². The van der Waals surface area contributed by atoms with Crippen molar-refractivity contribution in [1.29, 1.82) is 0 Å². The zero-order chi connectivity index (χ0) is 16.3. The van der Waals surface area contributed by atoms with E-state index in [4.69, 9.17) is 4.74 Å². The summed E-state index contributed by atoms with van der Waals surface area (Å²) in [5, 5.41) is 10.5. The summed E-state index contributed by atoms with van der Waals surface area (Å²) in [4.78, 5) is 36.0. The van der Waals surface area contributed by atoms with E-state index in [2.05, 4.69) is 15.9 Å². The second kappa shape index (κ2) is 7.10. The maximum Gasteiger partial charge on any atom is 0.320 e. The van der Waals surface area contributed by atoms with E-state index < -0.39 is 10.2 Å². The smallest absolute Gasteiger partial charge is 0.320 e. The van der Waals surface area contributed by atoms with Gasteiger partial charge in [-0.2, -0.15) is 0 Å². The number of nitro benzene ring substituents is 1. The Kier molecular flexibility index (Phi) is 5.41. The summed E-state index contributed by atoms with van der Waals surface area (Å²) in [5.41, 5.74) is 0.0622. The van der Waals surface area contributed by atoms with Crippen LogP contribution in [0.1, 0.15) is 10.4 Å². The molecule has 2 rings (SSSR count). The molecule has 0 radical (unpaired) electrons. The van der Waals surface area contributed by atoms with E-state index in [0.717, 1.165) is 0 Å². The fourth-order valence-corrected chi connectivity index (χ4v) is 3.60. The van der Waals surface area contributed by atoms with Gasteiger partial charge in [0.1, 0.15) is 5.25 Å². The summed E-state index contributed by atoms with van der Waals surface area (Å²) in [6.07, 6.45) is 0. The molecule has 9 heteroatoms. The van der Waals surface area contributed by atoms with Crippen molar-refractivity contribution in [2.45, 2.75) is 5.25 Å². The Morgan fingerprint density at radius 3 is 2.86 bits per heavy atom. The molecule has 0 N–H and O–H groups in total. The molecule has 22 heavy (non-hydrogen) atoms. The van der Waals surface area contributed by atoms with Gasteiger partial charge in [-0.15, -0.1) is 11.8 Å². The molecular formula is C13H13BrN2O5S. The topological polar surface area (TPSA) is 89.8 Å². The molecule has 0 unspecified atom stereocenters. The minimum absolute atomic E-state index is 0.165. The number of carbonyl (C=O) groups is 2. The van der Waals surface area contributed by atoms with Crippen molar-refractivity contribution in [3.05, 3.63) is 38.3 Å². The van der Waals surface area contributed by atoms with Gasteiger partial charge in [0.15, 0.2) is 0 Å². The van der Waals surface area contributed by atoms with Crippen LogP contribution in [0.5, 0.6) is 0 Å². The van der Waals surface area contributed by atoms with Gasteiger partial charge in [0.25, 0.3) is 11.6 Å². The lowest BCUT2D eigenvalue weighted by molar-refractivity contribution is -0.385. The number of ether oxygens (including phenoxy) is 1. The molecule has 7 nitrogen and oxygen atoms in total. The third kappa shape index (κ3) is 3.58. The highest BCUT2D eigenvalue weighted by Gasteiger charge is 2.30. The number of carbonyl (C=O) groups excluding carboxylic acids is 2. The maximum atomic E-state index is 12.5. The molecule has 0 spiro atoms. The minimum Gasteiger partial charge on any atom is -0.468 e. The number of halogens is 1. The first-order valence-electron chi connectivity index (χ1n) is 6.36. The second-order valence-corrected chi connectivity index (χ2v) is 6.72. The number of nitrogens with zero attached hydrogens (tertiary/aromatic N) is 2. The van der Waals surface area contributed by atoms with Gasteiger partial charge in [0.2, 0.25) is 0 Å². The molecule has 1 aromatic rings. The molecular weight excluding hydrogens is 376 g/mol. The van der Waals surface area contributed by atoms with E-state index in [-0.39, 0.29) is 29.7 Å². The van der Waals surface area contributed by atoms with Gasteiger partial charge >= 0.3 is 5.97 Å². The van der Waals surface area contributed by atoms with Gasteiger partial charge in [-0.1, -0.05) is 0 Å². The first kappa shape index (κ1) is 16.8. The molecule has 1 saturated heterocycles. The number of thioether (sulfide) groups is 1. The van der Waals surface area contributed by atoms with Gasteiger partial charge in [-0.3, -0.25) is 19.7 Å². The molecule has 1 atom stereocenters. The van der Waals surface area contributed by atoms with Crippen LogP contribution in [-0.4, -0.2) is 52.9 Å². The Morgan fingerprint density at radius 1 is 1.50 bits per heavy atom. The van der Waals surface area contributed by atoms with Crippen molar-refractivity contribution < 1.29 is 19.2 Å². The van der Waals surface area contributed by atoms with Gasteiger partial charge in [0.05, 0.1) is 16.5 Å². The van der Waals surface area contributed by atoms with Crippen LogP contribution in [-0.2, 0) is 9.53 Å². The number of esters is 1. The van der Waals surface area contributed by atoms with Crippen LogP contribution in [0.25, 0.3) is 0 Å². The van der Waals surface area contributed by atoms with Crippen LogP contribution in [0.15, 0.2) is 22.7 Å². The fraction of sp³-hybridized carbons (Fsp3) is 0.385. The monoisotopic (exact) mass is 388 g/mol. The van der Waals surface area contributed by atoms with Gasteiger partial charge < -0.3 is 9.64 Å². The van der Waals surface area contributed by atoms with E-state index in [0.29, 0.717) is 16.8 Å². The Hall–Kier alpha value is -1.61. The molecule has 118 valence electrons. The number of amides is 1. The first-order chi connectivity index (χ1) is 10.4. The van der Waals surface area contributed by atoms with Gasteiger partial charge in [0, 0.05) is 30.5 Å². The van der Waals surface area contributed by atoms with Crippen LogP contribution < -0.4 is 0 Å². The van der Waals surface area contributed by atoms with Crippen LogP contribution in [0.2, 0.25) is 0 Å². The summed E-state index contributed by atoms with van der Waals surface area (Å²) >= 11 is 4.52. The highest BCUT2D eigenvalue weighted by Crippen LogP contribution is 2.27. The molecule has 1 amide bonds. The van der Waals surface area contributed by atoms with Crippen molar-refractivity contribution >= 4 is 45.3 Å². The molecule has 1 aromatic carbocycles. The second-order valence-electron chi connectivity index (χ2n) is 4.56. The van der Waals surface area contributed by atoms with E-state index >= 15 is 0 Å². The molecule has 0 aliphatic carbocycles. The molecule has 1 heterocycles. The SMILES string of the molecule is COC(=O)[C@@H]1CN(C(=O)c2ccc(Br)c([N+](=O)[O-])c2)CCS1. The van der Waals surface area contributed by atoms with Crippen molar-refractivity contribution in [2.75, 3.05) is 26.0 Å². The predicted octanol–water partition coefficient (Wildman–Crippen LogP) is 2.09. The number of rotatable bonds is 3.